The van der Waals surface area contributed by atoms with E-state index in [0.717, 1.165) is 31.4 Å². The van der Waals surface area contributed by atoms with Gasteiger partial charge in [0.25, 0.3) is 0 Å². The number of anilines is 1. The molecule has 7 nitrogen and oxygen atoms in total. The van der Waals surface area contributed by atoms with Crippen molar-refractivity contribution in [3.63, 3.8) is 0 Å². The molecule has 2 aromatic rings. The zero-order valence-corrected chi connectivity index (χ0v) is 23.4. The SMILES string of the molecule is C=CC(O)C1CCC1CN1CC(c2ccc(Cl)cc2CCC)COc2ccc(C(CC(=O)O)C(=O)OC)cc21. The topological polar surface area (TPSA) is 96.3 Å². The summed E-state index contributed by atoms with van der Waals surface area (Å²) >= 11 is 6.35. The van der Waals surface area contributed by atoms with E-state index in [-0.39, 0.29) is 24.2 Å². The highest BCUT2D eigenvalue weighted by molar-refractivity contribution is 6.30. The maximum absolute atomic E-state index is 12.5. The minimum absolute atomic E-state index is 0.0675. The largest absolute Gasteiger partial charge is 0.491 e. The molecule has 5 unspecified atom stereocenters. The Morgan fingerprint density at radius 1 is 1.26 bits per heavy atom. The van der Waals surface area contributed by atoms with Gasteiger partial charge in [-0.1, -0.05) is 43.2 Å². The molecule has 5 atom stereocenters. The molecular weight excluding hydrogens is 518 g/mol. The van der Waals surface area contributed by atoms with Crippen LogP contribution in [0.15, 0.2) is 49.1 Å². The van der Waals surface area contributed by atoms with Crippen LogP contribution in [0.3, 0.4) is 0 Å². The van der Waals surface area contributed by atoms with Crippen molar-refractivity contribution >= 4 is 29.2 Å². The first kappa shape index (κ1) is 29.0. The maximum atomic E-state index is 12.5. The number of carboxylic acid groups (broad SMARTS) is 1. The third-order valence-corrected chi connectivity index (χ3v) is 8.38. The molecule has 2 N–H and O–H groups in total. The number of hydrogen-bond donors (Lipinski definition) is 2. The standard InChI is InChI=1S/C31H38ClNO6/c1-4-6-19-13-23(32)9-11-24(19)22-17-33(16-21-7-10-25(21)28(34)5-2)27-14-20(8-12-29(27)39-18-22)26(15-30(35)36)31(37)38-3/h5,8-9,11-14,21-22,25-26,28,34H,2,4,6-7,10,15-18H2,1,3H3,(H,35,36). The van der Waals surface area contributed by atoms with Crippen molar-refractivity contribution in [2.45, 2.75) is 57.0 Å². The molecule has 2 aliphatic rings. The Hall–Kier alpha value is -3.03. The van der Waals surface area contributed by atoms with Gasteiger partial charge in [0.2, 0.25) is 0 Å². The van der Waals surface area contributed by atoms with Crippen molar-refractivity contribution < 1.29 is 29.3 Å². The third kappa shape index (κ3) is 6.59. The van der Waals surface area contributed by atoms with Crippen LogP contribution >= 0.6 is 11.6 Å². The number of carbonyl (C=O) groups is 2. The number of methoxy groups -OCH3 is 1. The van der Waals surface area contributed by atoms with Crippen LogP contribution in [0.4, 0.5) is 5.69 Å². The zero-order valence-electron chi connectivity index (χ0n) is 22.6. The van der Waals surface area contributed by atoms with Crippen molar-refractivity contribution in [3.8, 4) is 5.75 Å². The summed E-state index contributed by atoms with van der Waals surface area (Å²) in [6, 6.07) is 11.5. The van der Waals surface area contributed by atoms with E-state index in [1.165, 1.54) is 18.2 Å². The smallest absolute Gasteiger partial charge is 0.313 e. The molecule has 1 fully saturated rings. The van der Waals surface area contributed by atoms with Gasteiger partial charge >= 0.3 is 11.9 Å². The third-order valence-electron chi connectivity index (χ3n) is 8.15. The van der Waals surface area contributed by atoms with Gasteiger partial charge in [-0.25, -0.2) is 0 Å². The van der Waals surface area contributed by atoms with Gasteiger partial charge in [-0.15, -0.1) is 6.58 Å². The monoisotopic (exact) mass is 555 g/mol. The molecule has 39 heavy (non-hydrogen) atoms. The highest BCUT2D eigenvalue weighted by atomic mass is 35.5. The van der Waals surface area contributed by atoms with Crippen molar-refractivity contribution in [1.29, 1.82) is 0 Å². The summed E-state index contributed by atoms with van der Waals surface area (Å²) in [4.78, 5) is 26.4. The summed E-state index contributed by atoms with van der Waals surface area (Å²) in [5.74, 6) is -1.43. The predicted molar refractivity (Wildman–Crippen MR) is 152 cm³/mol. The van der Waals surface area contributed by atoms with Crippen LogP contribution in [0.25, 0.3) is 0 Å². The number of aliphatic hydroxyl groups excluding tert-OH is 1. The number of carbonyl (C=O) groups excluding carboxylic acids is 1. The number of benzene rings is 2. The number of fused-ring (bicyclic) bond motifs is 1. The lowest BCUT2D eigenvalue weighted by atomic mass is 9.70. The molecule has 210 valence electrons. The number of nitrogens with zero attached hydrogens (tertiary/aromatic N) is 1. The molecule has 0 saturated heterocycles. The molecule has 1 saturated carbocycles. The highest BCUT2D eigenvalue weighted by Crippen LogP contribution is 2.43. The summed E-state index contributed by atoms with van der Waals surface area (Å²) in [6.07, 6.45) is 4.54. The molecule has 0 aromatic heterocycles. The molecule has 1 aliphatic heterocycles. The maximum Gasteiger partial charge on any atom is 0.313 e. The van der Waals surface area contributed by atoms with Crippen LogP contribution in [-0.2, 0) is 20.7 Å². The van der Waals surface area contributed by atoms with Gasteiger partial charge in [-0.05, 0) is 72.1 Å². The van der Waals surface area contributed by atoms with Crippen molar-refractivity contribution in [2.24, 2.45) is 11.8 Å². The van der Waals surface area contributed by atoms with Gasteiger partial charge in [0.1, 0.15) is 5.75 Å². The molecule has 2 aromatic carbocycles. The molecule has 0 radical (unpaired) electrons. The van der Waals surface area contributed by atoms with Gasteiger partial charge in [-0.3, -0.25) is 9.59 Å². The lowest BCUT2D eigenvalue weighted by molar-refractivity contribution is -0.147. The Morgan fingerprint density at radius 3 is 2.69 bits per heavy atom. The fourth-order valence-corrected chi connectivity index (χ4v) is 6.13. The number of ether oxygens (including phenoxy) is 2. The molecule has 0 amide bonds. The summed E-state index contributed by atoms with van der Waals surface area (Å²) in [7, 11) is 1.27. The van der Waals surface area contributed by atoms with Crippen LogP contribution in [0, 0.1) is 11.8 Å². The van der Waals surface area contributed by atoms with Crippen LogP contribution < -0.4 is 9.64 Å². The summed E-state index contributed by atoms with van der Waals surface area (Å²) in [5, 5.41) is 20.7. The van der Waals surface area contributed by atoms with Crippen molar-refractivity contribution in [1.82, 2.24) is 0 Å². The number of halogens is 1. The number of carboxylic acids is 1. The average molecular weight is 556 g/mol. The van der Waals surface area contributed by atoms with Crippen LogP contribution in [-0.4, -0.2) is 55.1 Å². The Balaban J connectivity index is 1.73. The molecule has 4 rings (SSSR count). The second kappa shape index (κ2) is 12.9. The number of aliphatic carboxylic acids is 1. The molecule has 1 heterocycles. The fraction of sp³-hybridized carbons (Fsp3) is 0.484. The quantitative estimate of drug-likeness (QED) is 0.276. The van der Waals surface area contributed by atoms with Crippen LogP contribution in [0.5, 0.6) is 5.75 Å². The summed E-state index contributed by atoms with van der Waals surface area (Å²) in [5.41, 5.74) is 3.80. The van der Waals surface area contributed by atoms with Gasteiger partial charge in [-0.2, -0.15) is 0 Å². The minimum atomic E-state index is -1.07. The van der Waals surface area contributed by atoms with Gasteiger partial charge in [0.05, 0.1) is 37.8 Å². The van der Waals surface area contributed by atoms with E-state index in [4.69, 9.17) is 21.1 Å². The van der Waals surface area contributed by atoms with E-state index >= 15 is 0 Å². The van der Waals surface area contributed by atoms with Gasteiger partial charge in [0.15, 0.2) is 0 Å². The Morgan fingerprint density at radius 2 is 2.05 bits per heavy atom. The van der Waals surface area contributed by atoms with E-state index in [1.54, 1.807) is 12.1 Å². The second-order valence-electron chi connectivity index (χ2n) is 10.6. The van der Waals surface area contributed by atoms with Crippen molar-refractivity contribution in [2.75, 3.05) is 31.7 Å². The number of aliphatic hydroxyl groups is 1. The molecule has 0 bridgehead atoms. The van der Waals surface area contributed by atoms with Crippen LogP contribution in [0.2, 0.25) is 5.02 Å². The summed E-state index contributed by atoms with van der Waals surface area (Å²) < 4.78 is 11.3. The molecule has 8 heteroatoms. The Kier molecular flexibility index (Phi) is 9.57. The van der Waals surface area contributed by atoms with E-state index in [1.807, 2.05) is 24.3 Å². The second-order valence-corrected chi connectivity index (χ2v) is 11.1. The Labute approximate surface area is 235 Å². The summed E-state index contributed by atoms with van der Waals surface area (Å²) in [6.45, 7) is 7.76. The van der Waals surface area contributed by atoms with Crippen molar-refractivity contribution in [3.05, 3.63) is 70.8 Å². The molecular formula is C31H38ClNO6. The number of rotatable bonds is 11. The van der Waals surface area contributed by atoms with Gasteiger partial charge in [0, 0.05) is 24.0 Å². The molecule has 0 spiro atoms. The van der Waals surface area contributed by atoms with E-state index in [2.05, 4.69) is 24.5 Å². The lowest BCUT2D eigenvalue weighted by Crippen LogP contribution is -2.43. The first-order chi connectivity index (χ1) is 18.7. The average Bonchev–Trinajstić information content (AvgIpc) is 3.08. The number of hydrogen-bond acceptors (Lipinski definition) is 6. The first-order valence-corrected chi connectivity index (χ1v) is 14.0. The highest BCUT2D eigenvalue weighted by Gasteiger charge is 2.38. The van der Waals surface area contributed by atoms with E-state index in [0.29, 0.717) is 36.0 Å². The minimum Gasteiger partial charge on any atom is -0.491 e. The Bertz CT molecular complexity index is 1200. The number of aryl methyl sites for hydroxylation is 1. The first-order valence-electron chi connectivity index (χ1n) is 13.7. The van der Waals surface area contributed by atoms with Gasteiger partial charge < -0.3 is 24.6 Å². The normalized spacial score (nSPS) is 21.9. The van der Waals surface area contributed by atoms with E-state index < -0.39 is 24.0 Å². The number of esters is 1. The van der Waals surface area contributed by atoms with Crippen LogP contribution in [0.1, 0.15) is 61.1 Å². The molecule has 1 aliphatic carbocycles. The zero-order chi connectivity index (χ0) is 28.1. The predicted octanol–water partition coefficient (Wildman–Crippen LogP) is 5.58. The van der Waals surface area contributed by atoms with E-state index in [9.17, 15) is 19.8 Å². The fourth-order valence-electron chi connectivity index (χ4n) is 5.93. The lowest BCUT2D eigenvalue weighted by Gasteiger charge is -2.42.